The third-order valence-electron chi connectivity index (χ3n) is 0.556. The molecule has 0 aromatic rings. The first-order valence-corrected chi connectivity index (χ1v) is 13.7. The predicted octanol–water partition coefficient (Wildman–Crippen LogP) is 5.39. The number of hydrogen-bond donors (Lipinski definition) is 0. The summed E-state index contributed by atoms with van der Waals surface area (Å²) in [7, 11) is 1.14. The molecule has 0 fully saturated rings. The van der Waals surface area contributed by atoms with Gasteiger partial charge in [-0.3, -0.25) is 0 Å². The molecule has 0 atom stereocenters. The molecule has 0 bridgehead atoms. The predicted molar refractivity (Wildman–Crippen MR) is 96.7 cm³/mol. The van der Waals surface area contributed by atoms with Gasteiger partial charge >= 0.3 is 0 Å². The average molecular weight is 348 g/mol. The van der Waals surface area contributed by atoms with Crippen molar-refractivity contribution in [2.24, 2.45) is 0 Å². The zero-order valence-corrected chi connectivity index (χ0v) is 17.5. The Morgan fingerprint density at radius 3 is 0.667 bits per heavy atom. The smallest absolute Gasteiger partial charge is 0.00506 e. The van der Waals surface area contributed by atoms with Crippen molar-refractivity contribution in [3.05, 3.63) is 30.7 Å². The van der Waals surface area contributed by atoms with Crippen molar-refractivity contribution in [3.63, 3.8) is 0 Å². The Balaban J connectivity index is -0.0000000719. The summed E-state index contributed by atoms with van der Waals surface area (Å²) in [6, 6.07) is 0. The second-order valence-electron chi connectivity index (χ2n) is 4.99. The molecule has 0 aliphatic heterocycles. The molecule has 1 rings (SSSR count). The van der Waals surface area contributed by atoms with E-state index in [2.05, 4.69) is 60.0 Å². The third-order valence-corrected chi connectivity index (χ3v) is 0.556. The molecule has 0 aromatic heterocycles. The molecule has 0 aromatic carbocycles. The van der Waals surface area contributed by atoms with E-state index < -0.39 is 0 Å². The van der Waals surface area contributed by atoms with Gasteiger partial charge < -0.3 is 0 Å². The molecular weight excluding hydrogens is 316 g/mol. The van der Waals surface area contributed by atoms with Crippen molar-refractivity contribution in [1.82, 2.24) is 0 Å². The maximum absolute atomic E-state index is 2.23. The first-order valence-electron chi connectivity index (χ1n) is 5.69. The van der Waals surface area contributed by atoms with Crippen molar-refractivity contribution in [2.45, 2.75) is 0 Å². The van der Waals surface area contributed by atoms with Crippen molar-refractivity contribution >= 4 is 23.8 Å². The maximum Gasteiger partial charge on any atom is 0.00506 e. The molecule has 2 radical (unpaired) electrons. The molecule has 0 heterocycles. The van der Waals surface area contributed by atoms with Crippen LogP contribution < -0.4 is 0 Å². The first-order chi connectivity index (χ1) is 7.70. The Hall–Kier alpha value is 1.29. The first kappa shape index (κ1) is 27.6. The zero-order chi connectivity index (χ0) is 14.3. The summed E-state index contributed by atoms with van der Waals surface area (Å²) >= 11 is 0. The summed E-state index contributed by atoms with van der Waals surface area (Å²) in [6.07, 6.45) is 10.0. The van der Waals surface area contributed by atoms with Crippen molar-refractivity contribution in [2.75, 3.05) is 60.0 Å². The Labute approximate surface area is 131 Å². The largest absolute Gasteiger partial charge is 0.116 e. The average Bonchev–Trinajstić information content (AvgIpc) is 2.53. The van der Waals surface area contributed by atoms with E-state index in [4.69, 9.17) is 0 Å². The zero-order valence-electron chi connectivity index (χ0n) is 13.6. The molecule has 0 N–H and O–H groups in total. The summed E-state index contributed by atoms with van der Waals surface area (Å²) < 4.78 is 0. The summed E-state index contributed by atoms with van der Waals surface area (Å²) in [5.74, 6) is 0. The van der Waals surface area contributed by atoms with Crippen LogP contribution in [-0.2, 0) is 17.1 Å². The molecule has 18 heavy (non-hydrogen) atoms. The fourth-order valence-corrected chi connectivity index (χ4v) is 0.321. The molecule has 1 aliphatic carbocycles. The number of rotatable bonds is 0. The van der Waals surface area contributed by atoms with Gasteiger partial charge in [-0.15, -0.1) is 23.8 Å². The second-order valence-corrected chi connectivity index (χ2v) is 13.0. The van der Waals surface area contributed by atoms with Crippen LogP contribution in [-0.4, -0.2) is 60.0 Å². The Morgan fingerprint density at radius 2 is 0.611 bits per heavy atom. The molecule has 0 nitrogen and oxygen atoms in total. The van der Waals surface area contributed by atoms with Gasteiger partial charge in [-0.1, -0.05) is 24.3 Å². The van der Waals surface area contributed by atoms with Crippen LogP contribution >= 0.6 is 23.8 Å². The van der Waals surface area contributed by atoms with Gasteiger partial charge in [-0.05, 0) is 60.0 Å². The fourth-order valence-electron chi connectivity index (χ4n) is 0.321. The maximum atomic E-state index is 2.23. The molecule has 1 aliphatic rings. The van der Waals surface area contributed by atoms with Crippen molar-refractivity contribution in [1.29, 1.82) is 0 Å². The monoisotopic (exact) mass is 348 g/mol. The van der Waals surface area contributed by atoms with Crippen LogP contribution in [0, 0.1) is 6.42 Å². The van der Waals surface area contributed by atoms with Crippen LogP contribution in [0.2, 0.25) is 0 Å². The standard InChI is InChI=1S/C5H5.3C3H9P.Mn/c1-2-4-5-3-1;3*1-4(2)3;/h1-5H;3*1-3H3;. The molecule has 4 heteroatoms. The van der Waals surface area contributed by atoms with Gasteiger partial charge in [-0.25, -0.2) is 0 Å². The quantitative estimate of drug-likeness (QED) is 0.407. The molecule has 0 unspecified atom stereocenters. The van der Waals surface area contributed by atoms with E-state index in [9.17, 15) is 0 Å². The van der Waals surface area contributed by atoms with E-state index in [1.165, 1.54) is 0 Å². The van der Waals surface area contributed by atoms with Crippen molar-refractivity contribution < 1.29 is 17.1 Å². The van der Waals surface area contributed by atoms with Gasteiger partial charge in [0.2, 0.25) is 0 Å². The second kappa shape index (κ2) is 23.4. The summed E-state index contributed by atoms with van der Waals surface area (Å²) in [4.78, 5) is 0. The summed E-state index contributed by atoms with van der Waals surface area (Å²) in [6.45, 7) is 20.1. The van der Waals surface area contributed by atoms with Gasteiger partial charge in [0, 0.05) is 23.5 Å². The summed E-state index contributed by atoms with van der Waals surface area (Å²) in [5.41, 5.74) is 0. The van der Waals surface area contributed by atoms with Gasteiger partial charge in [0.15, 0.2) is 0 Å². The van der Waals surface area contributed by atoms with Crippen LogP contribution in [0.5, 0.6) is 0 Å². The van der Waals surface area contributed by atoms with Crippen LogP contribution in [0.4, 0.5) is 0 Å². The van der Waals surface area contributed by atoms with E-state index in [-0.39, 0.29) is 17.1 Å². The van der Waals surface area contributed by atoms with Gasteiger partial charge in [0.25, 0.3) is 0 Å². The molecule has 110 valence electrons. The Morgan fingerprint density at radius 1 is 0.444 bits per heavy atom. The fraction of sp³-hybridized carbons (Fsp3) is 0.643. The minimum atomic E-state index is 0. The van der Waals surface area contributed by atoms with Gasteiger partial charge in [0.05, 0.1) is 0 Å². The Bertz CT molecular complexity index is 143. The van der Waals surface area contributed by atoms with Crippen LogP contribution in [0.3, 0.4) is 0 Å². The molecule has 0 spiro atoms. The number of allylic oxidation sites excluding steroid dienone is 4. The van der Waals surface area contributed by atoms with Crippen LogP contribution in [0.1, 0.15) is 0 Å². The molecule has 0 saturated carbocycles. The topological polar surface area (TPSA) is 0 Å². The molecule has 0 amide bonds. The summed E-state index contributed by atoms with van der Waals surface area (Å²) in [5, 5.41) is 0. The molecular formula is C14H32MnP3. The minimum Gasteiger partial charge on any atom is -0.116 e. The van der Waals surface area contributed by atoms with Gasteiger partial charge in [0.1, 0.15) is 0 Å². The van der Waals surface area contributed by atoms with Crippen LogP contribution in [0.25, 0.3) is 0 Å². The van der Waals surface area contributed by atoms with Crippen molar-refractivity contribution in [3.8, 4) is 0 Å². The van der Waals surface area contributed by atoms with E-state index in [1.54, 1.807) is 0 Å². The normalized spacial score (nSPS) is 10.9. The van der Waals surface area contributed by atoms with E-state index in [1.807, 2.05) is 30.7 Å². The third kappa shape index (κ3) is 116. The minimum absolute atomic E-state index is 0. The van der Waals surface area contributed by atoms with Gasteiger partial charge in [-0.2, -0.15) is 0 Å². The van der Waals surface area contributed by atoms with E-state index in [0.29, 0.717) is 23.8 Å². The van der Waals surface area contributed by atoms with E-state index >= 15 is 0 Å². The van der Waals surface area contributed by atoms with E-state index in [0.717, 1.165) is 0 Å². The molecule has 0 saturated heterocycles. The number of hydrogen-bond acceptors (Lipinski definition) is 0. The van der Waals surface area contributed by atoms with Crippen LogP contribution in [0.15, 0.2) is 24.3 Å². The Kier molecular flexibility index (Phi) is 35.9. The SMILES string of the molecule is CP(C)C.CP(C)C.CP(C)C.[CH]1C=CC=C1.[Mn].